The predicted octanol–water partition coefficient (Wildman–Crippen LogP) is 2.14. The van der Waals surface area contributed by atoms with E-state index in [4.69, 9.17) is 16.3 Å². The fourth-order valence-electron chi connectivity index (χ4n) is 3.30. The van der Waals surface area contributed by atoms with Crippen molar-refractivity contribution in [3.63, 3.8) is 0 Å². The highest BCUT2D eigenvalue weighted by atomic mass is 35.5. The third kappa shape index (κ3) is 5.38. The number of carbonyl (C=O) groups is 2. The molecule has 1 aliphatic heterocycles. The number of rotatable bonds is 6. The molecule has 154 valence electrons. The molecule has 3 rings (SSSR count). The largest absolute Gasteiger partial charge is 0.497 e. The first kappa shape index (κ1) is 20.9. The number of pyridine rings is 1. The number of methoxy groups -OCH3 is 1. The van der Waals surface area contributed by atoms with Crippen molar-refractivity contribution in [2.45, 2.75) is 19.4 Å². The fourth-order valence-corrected chi connectivity index (χ4v) is 3.53. The minimum atomic E-state index is -0.596. The first-order chi connectivity index (χ1) is 14.0. The van der Waals surface area contributed by atoms with Crippen LogP contribution in [0.1, 0.15) is 12.5 Å². The molecule has 1 fully saturated rings. The molecule has 29 heavy (non-hydrogen) atoms. The lowest BCUT2D eigenvalue weighted by atomic mass is 10.1. The van der Waals surface area contributed by atoms with Gasteiger partial charge in [-0.1, -0.05) is 23.7 Å². The highest BCUT2D eigenvalue weighted by Crippen LogP contribution is 2.22. The standard InChI is InChI=1S/C21H25ClN4O3/c1-15(24-20(27)13-16-6-7-17(29-2)14-18(16)22)21(28)26-11-9-25(10-12-26)19-5-3-4-8-23-19/h3-8,14-15H,9-13H2,1-2H3,(H,24,27). The number of nitrogens with one attached hydrogen (secondary N) is 1. The highest BCUT2D eigenvalue weighted by Gasteiger charge is 2.26. The average Bonchev–Trinajstić information content (AvgIpc) is 2.75. The topological polar surface area (TPSA) is 74.8 Å². The van der Waals surface area contributed by atoms with Crippen molar-refractivity contribution >= 4 is 29.2 Å². The van der Waals surface area contributed by atoms with Crippen LogP contribution in [0.4, 0.5) is 5.82 Å². The van der Waals surface area contributed by atoms with Gasteiger partial charge in [-0.15, -0.1) is 0 Å². The van der Waals surface area contributed by atoms with Crippen LogP contribution in [0.5, 0.6) is 5.75 Å². The summed E-state index contributed by atoms with van der Waals surface area (Å²) in [5, 5.41) is 3.24. The van der Waals surface area contributed by atoms with Crippen LogP contribution in [0.3, 0.4) is 0 Å². The van der Waals surface area contributed by atoms with Crippen molar-refractivity contribution in [3.8, 4) is 5.75 Å². The monoisotopic (exact) mass is 416 g/mol. The number of benzene rings is 1. The van der Waals surface area contributed by atoms with E-state index in [9.17, 15) is 9.59 Å². The van der Waals surface area contributed by atoms with Gasteiger partial charge in [0.25, 0.3) is 0 Å². The molecule has 0 aliphatic carbocycles. The van der Waals surface area contributed by atoms with Crippen LogP contribution in [0.2, 0.25) is 5.02 Å². The summed E-state index contributed by atoms with van der Waals surface area (Å²) >= 11 is 6.19. The normalized spacial score (nSPS) is 15.0. The lowest BCUT2D eigenvalue weighted by Gasteiger charge is -2.36. The molecule has 0 spiro atoms. The second-order valence-corrected chi connectivity index (χ2v) is 7.33. The fraction of sp³-hybridized carbons (Fsp3) is 0.381. The summed E-state index contributed by atoms with van der Waals surface area (Å²) in [5.41, 5.74) is 0.689. The Hall–Kier alpha value is -2.80. The lowest BCUT2D eigenvalue weighted by Crippen LogP contribution is -2.54. The number of anilines is 1. The number of amides is 2. The van der Waals surface area contributed by atoms with E-state index in [0.29, 0.717) is 42.5 Å². The van der Waals surface area contributed by atoms with Crippen molar-refractivity contribution in [1.82, 2.24) is 15.2 Å². The predicted molar refractivity (Wildman–Crippen MR) is 112 cm³/mol. The molecule has 1 atom stereocenters. The number of hydrogen-bond acceptors (Lipinski definition) is 5. The number of hydrogen-bond donors (Lipinski definition) is 1. The molecule has 0 bridgehead atoms. The minimum absolute atomic E-state index is 0.0835. The van der Waals surface area contributed by atoms with E-state index in [2.05, 4.69) is 15.2 Å². The van der Waals surface area contributed by atoms with Crippen LogP contribution in [-0.4, -0.2) is 61.0 Å². The molecule has 1 unspecified atom stereocenters. The molecule has 7 nitrogen and oxygen atoms in total. The summed E-state index contributed by atoms with van der Waals surface area (Å²) in [5.74, 6) is 1.22. The highest BCUT2D eigenvalue weighted by molar-refractivity contribution is 6.31. The summed E-state index contributed by atoms with van der Waals surface area (Å²) < 4.78 is 5.11. The van der Waals surface area contributed by atoms with Gasteiger partial charge in [-0.2, -0.15) is 0 Å². The maximum Gasteiger partial charge on any atom is 0.244 e. The van der Waals surface area contributed by atoms with Gasteiger partial charge in [-0.25, -0.2) is 4.98 Å². The third-order valence-corrected chi connectivity index (χ3v) is 5.28. The van der Waals surface area contributed by atoms with Gasteiger partial charge in [0, 0.05) is 37.4 Å². The molecular formula is C21H25ClN4O3. The smallest absolute Gasteiger partial charge is 0.244 e. The quantitative estimate of drug-likeness (QED) is 0.780. The molecular weight excluding hydrogens is 392 g/mol. The molecule has 2 heterocycles. The van der Waals surface area contributed by atoms with Crippen LogP contribution in [0.25, 0.3) is 0 Å². The maximum atomic E-state index is 12.7. The van der Waals surface area contributed by atoms with Gasteiger partial charge < -0.3 is 19.9 Å². The first-order valence-electron chi connectivity index (χ1n) is 9.54. The molecule has 1 aliphatic rings. The number of carbonyl (C=O) groups excluding carboxylic acids is 2. The zero-order valence-electron chi connectivity index (χ0n) is 16.6. The molecule has 0 radical (unpaired) electrons. The Labute approximate surface area is 175 Å². The van der Waals surface area contributed by atoms with E-state index in [1.165, 1.54) is 0 Å². The van der Waals surface area contributed by atoms with Crippen LogP contribution in [-0.2, 0) is 16.0 Å². The van der Waals surface area contributed by atoms with Crippen LogP contribution < -0.4 is 15.0 Å². The molecule has 8 heteroatoms. The van der Waals surface area contributed by atoms with Gasteiger partial charge in [0.05, 0.1) is 13.5 Å². The van der Waals surface area contributed by atoms with Crippen LogP contribution >= 0.6 is 11.6 Å². The van der Waals surface area contributed by atoms with Crippen LogP contribution in [0, 0.1) is 0 Å². The van der Waals surface area contributed by atoms with Crippen molar-refractivity contribution in [1.29, 1.82) is 0 Å². The van der Waals surface area contributed by atoms with Gasteiger partial charge in [0.15, 0.2) is 0 Å². The van der Waals surface area contributed by atoms with E-state index in [-0.39, 0.29) is 18.2 Å². The SMILES string of the molecule is COc1ccc(CC(=O)NC(C)C(=O)N2CCN(c3ccccn3)CC2)c(Cl)c1. The molecule has 0 saturated carbocycles. The molecule has 2 amide bonds. The lowest BCUT2D eigenvalue weighted by molar-refractivity contribution is -0.136. The van der Waals surface area contributed by atoms with Gasteiger partial charge in [0.1, 0.15) is 17.6 Å². The Morgan fingerprint density at radius 3 is 2.59 bits per heavy atom. The Morgan fingerprint density at radius 1 is 1.21 bits per heavy atom. The summed E-state index contributed by atoms with van der Waals surface area (Å²) in [4.78, 5) is 33.4. The average molecular weight is 417 g/mol. The Morgan fingerprint density at radius 2 is 1.97 bits per heavy atom. The molecule has 1 aromatic carbocycles. The number of ether oxygens (including phenoxy) is 1. The summed E-state index contributed by atoms with van der Waals surface area (Å²) in [6.45, 7) is 4.33. The minimum Gasteiger partial charge on any atom is -0.497 e. The van der Waals surface area contributed by atoms with E-state index in [0.717, 1.165) is 5.82 Å². The molecule has 1 saturated heterocycles. The first-order valence-corrected chi connectivity index (χ1v) is 9.92. The number of piperazine rings is 1. The third-order valence-electron chi connectivity index (χ3n) is 4.92. The Kier molecular flexibility index (Phi) is 6.93. The van der Waals surface area contributed by atoms with E-state index < -0.39 is 6.04 Å². The number of aromatic nitrogens is 1. The van der Waals surface area contributed by atoms with Crippen molar-refractivity contribution in [2.24, 2.45) is 0 Å². The number of nitrogens with zero attached hydrogens (tertiary/aromatic N) is 3. The van der Waals surface area contributed by atoms with E-state index >= 15 is 0 Å². The summed E-state index contributed by atoms with van der Waals surface area (Å²) in [6.07, 6.45) is 1.87. The van der Waals surface area contributed by atoms with E-state index in [1.54, 1.807) is 43.3 Å². The van der Waals surface area contributed by atoms with Gasteiger partial charge in [-0.05, 0) is 36.8 Å². The van der Waals surface area contributed by atoms with Gasteiger partial charge >= 0.3 is 0 Å². The van der Waals surface area contributed by atoms with E-state index in [1.807, 2.05) is 18.2 Å². The van der Waals surface area contributed by atoms with Gasteiger partial charge in [0.2, 0.25) is 11.8 Å². The molecule has 1 aromatic heterocycles. The van der Waals surface area contributed by atoms with Crippen LogP contribution in [0.15, 0.2) is 42.6 Å². The zero-order chi connectivity index (χ0) is 20.8. The zero-order valence-corrected chi connectivity index (χ0v) is 17.4. The van der Waals surface area contributed by atoms with Crippen molar-refractivity contribution < 1.29 is 14.3 Å². The Bertz CT molecular complexity index is 854. The van der Waals surface area contributed by atoms with Crippen molar-refractivity contribution in [3.05, 3.63) is 53.2 Å². The van der Waals surface area contributed by atoms with Crippen molar-refractivity contribution in [2.75, 3.05) is 38.2 Å². The number of halogens is 1. The second-order valence-electron chi connectivity index (χ2n) is 6.92. The summed E-state index contributed by atoms with van der Waals surface area (Å²) in [6, 6.07) is 10.4. The molecule has 1 N–H and O–H groups in total. The van der Waals surface area contributed by atoms with Gasteiger partial charge in [-0.3, -0.25) is 9.59 Å². The summed E-state index contributed by atoms with van der Waals surface area (Å²) in [7, 11) is 1.56. The maximum absolute atomic E-state index is 12.7. The molecule has 2 aromatic rings. The Balaban J connectivity index is 1.49. The second kappa shape index (κ2) is 9.60.